The van der Waals surface area contributed by atoms with Crippen molar-refractivity contribution in [2.75, 3.05) is 26.3 Å². The van der Waals surface area contributed by atoms with Gasteiger partial charge in [0.1, 0.15) is 12.4 Å². The molecule has 0 bridgehead atoms. The van der Waals surface area contributed by atoms with Gasteiger partial charge in [-0.1, -0.05) is 0 Å². The Hall–Kier alpha value is -1.80. The minimum Gasteiger partial charge on any atom is -0.491 e. The van der Waals surface area contributed by atoms with Crippen molar-refractivity contribution in [2.45, 2.75) is 43.6 Å². The van der Waals surface area contributed by atoms with Crippen LogP contribution in [0.5, 0.6) is 5.75 Å². The second kappa shape index (κ2) is 7.44. The molecule has 2 saturated heterocycles. The van der Waals surface area contributed by atoms with Gasteiger partial charge in [-0.3, -0.25) is 4.79 Å². The van der Waals surface area contributed by atoms with Crippen LogP contribution in [-0.2, 0) is 4.74 Å². The van der Waals surface area contributed by atoms with E-state index in [1.807, 2.05) is 0 Å². The SMILES string of the molecule is O=C(c1ccc(OCC2CCCO2)cc1)N1CCCC(O)(C(F)(F)F)C1. The van der Waals surface area contributed by atoms with E-state index in [0.717, 1.165) is 24.3 Å². The van der Waals surface area contributed by atoms with Gasteiger partial charge in [-0.15, -0.1) is 0 Å². The summed E-state index contributed by atoms with van der Waals surface area (Å²) >= 11 is 0. The van der Waals surface area contributed by atoms with E-state index in [4.69, 9.17) is 9.47 Å². The second-order valence-corrected chi connectivity index (χ2v) is 6.83. The van der Waals surface area contributed by atoms with Crippen LogP contribution in [0, 0.1) is 0 Å². The molecule has 0 aliphatic carbocycles. The van der Waals surface area contributed by atoms with Gasteiger partial charge in [-0.2, -0.15) is 13.2 Å². The summed E-state index contributed by atoms with van der Waals surface area (Å²) in [5, 5.41) is 9.84. The van der Waals surface area contributed by atoms with Gasteiger partial charge >= 0.3 is 6.18 Å². The third-order valence-electron chi connectivity index (χ3n) is 4.85. The minimum absolute atomic E-state index is 0.0738. The van der Waals surface area contributed by atoms with E-state index in [9.17, 15) is 23.1 Å². The highest BCUT2D eigenvalue weighted by atomic mass is 19.4. The predicted molar refractivity (Wildman–Crippen MR) is 87.1 cm³/mol. The fraction of sp³-hybridized carbons (Fsp3) is 0.611. The predicted octanol–water partition coefficient (Wildman–Crippen LogP) is 2.77. The average molecular weight is 373 g/mol. The van der Waals surface area contributed by atoms with Crippen LogP contribution in [0.15, 0.2) is 24.3 Å². The molecular formula is C18H22F3NO4. The monoisotopic (exact) mass is 373 g/mol. The number of benzene rings is 1. The van der Waals surface area contributed by atoms with E-state index < -0.39 is 30.7 Å². The van der Waals surface area contributed by atoms with Gasteiger partial charge in [0.15, 0.2) is 5.60 Å². The maximum absolute atomic E-state index is 13.0. The van der Waals surface area contributed by atoms with Crippen molar-refractivity contribution in [3.8, 4) is 5.75 Å². The Morgan fingerprint density at radius 2 is 2.04 bits per heavy atom. The molecule has 1 aromatic rings. The molecule has 8 heteroatoms. The van der Waals surface area contributed by atoms with Gasteiger partial charge < -0.3 is 19.5 Å². The first-order valence-electron chi connectivity index (χ1n) is 8.71. The summed E-state index contributed by atoms with van der Waals surface area (Å²) in [5.74, 6) is 0.0422. The Balaban J connectivity index is 1.60. The highest BCUT2D eigenvalue weighted by molar-refractivity contribution is 5.94. The van der Waals surface area contributed by atoms with E-state index in [0.29, 0.717) is 12.4 Å². The number of piperidine rings is 1. The maximum Gasteiger partial charge on any atom is 0.418 e. The lowest BCUT2D eigenvalue weighted by Gasteiger charge is -2.40. The van der Waals surface area contributed by atoms with Crippen LogP contribution in [0.3, 0.4) is 0 Å². The lowest BCUT2D eigenvalue weighted by Crippen LogP contribution is -2.58. The Kier molecular flexibility index (Phi) is 5.43. The fourth-order valence-corrected chi connectivity index (χ4v) is 3.28. The highest BCUT2D eigenvalue weighted by Crippen LogP contribution is 2.37. The number of rotatable bonds is 4. The van der Waals surface area contributed by atoms with E-state index in [2.05, 4.69) is 0 Å². The number of halogens is 3. The van der Waals surface area contributed by atoms with Crippen LogP contribution in [0.25, 0.3) is 0 Å². The van der Waals surface area contributed by atoms with Gasteiger partial charge in [0.05, 0.1) is 12.6 Å². The van der Waals surface area contributed by atoms with E-state index >= 15 is 0 Å². The molecule has 144 valence electrons. The first kappa shape index (κ1) is 19.0. The van der Waals surface area contributed by atoms with Gasteiger partial charge in [0, 0.05) is 18.7 Å². The van der Waals surface area contributed by atoms with Crippen LogP contribution in [0.2, 0.25) is 0 Å². The lowest BCUT2D eigenvalue weighted by molar-refractivity contribution is -0.271. The molecule has 2 aliphatic heterocycles. The maximum atomic E-state index is 13.0. The van der Waals surface area contributed by atoms with E-state index in [1.165, 1.54) is 12.1 Å². The number of nitrogens with zero attached hydrogens (tertiary/aromatic N) is 1. The van der Waals surface area contributed by atoms with Crippen molar-refractivity contribution >= 4 is 5.91 Å². The average Bonchev–Trinajstić information content (AvgIpc) is 3.12. The Labute approximate surface area is 149 Å². The Morgan fingerprint density at radius 3 is 2.65 bits per heavy atom. The number of ether oxygens (including phenoxy) is 2. The first-order valence-corrected chi connectivity index (χ1v) is 8.71. The summed E-state index contributed by atoms with van der Waals surface area (Å²) in [6, 6.07) is 6.27. The molecule has 2 fully saturated rings. The number of carbonyl (C=O) groups excluding carboxylic acids is 1. The minimum atomic E-state index is -4.76. The molecule has 0 radical (unpaired) electrons. The number of hydrogen-bond donors (Lipinski definition) is 1. The molecule has 0 aromatic heterocycles. The summed E-state index contributed by atoms with van der Waals surface area (Å²) < 4.78 is 50.1. The van der Waals surface area contributed by atoms with Crippen molar-refractivity contribution in [1.82, 2.24) is 4.90 Å². The van der Waals surface area contributed by atoms with Crippen LogP contribution >= 0.6 is 0 Å². The zero-order valence-corrected chi connectivity index (χ0v) is 14.3. The first-order chi connectivity index (χ1) is 12.3. The van der Waals surface area contributed by atoms with E-state index in [1.54, 1.807) is 12.1 Å². The highest BCUT2D eigenvalue weighted by Gasteiger charge is 2.55. The van der Waals surface area contributed by atoms with Gasteiger partial charge in [0.2, 0.25) is 0 Å². The smallest absolute Gasteiger partial charge is 0.418 e. The standard InChI is InChI=1S/C18H22F3NO4/c19-18(20,21)17(24)8-2-9-22(12-17)16(23)13-4-6-14(7-5-13)26-11-15-3-1-10-25-15/h4-7,15,24H,1-3,8-12H2. The summed E-state index contributed by atoms with van der Waals surface area (Å²) in [7, 11) is 0. The number of β-amino-alcohol motifs (C(OH)–C–C–N with tert-alkyl or cyclic N) is 1. The van der Waals surface area contributed by atoms with Gasteiger partial charge in [0.25, 0.3) is 5.91 Å². The molecule has 2 atom stereocenters. The van der Waals surface area contributed by atoms with Crippen LogP contribution < -0.4 is 4.74 Å². The molecule has 2 unspecified atom stereocenters. The zero-order chi connectivity index (χ0) is 18.8. The van der Waals surface area contributed by atoms with Gasteiger partial charge in [-0.25, -0.2) is 0 Å². The van der Waals surface area contributed by atoms with Crippen molar-refractivity contribution in [3.05, 3.63) is 29.8 Å². The molecule has 0 saturated carbocycles. The van der Waals surface area contributed by atoms with Crippen LogP contribution in [-0.4, -0.2) is 60.1 Å². The van der Waals surface area contributed by atoms with Gasteiger partial charge in [-0.05, 0) is 49.9 Å². The molecule has 2 heterocycles. The molecule has 26 heavy (non-hydrogen) atoms. The number of hydrogen-bond acceptors (Lipinski definition) is 4. The summed E-state index contributed by atoms with van der Waals surface area (Å²) in [5.41, 5.74) is -2.58. The largest absolute Gasteiger partial charge is 0.491 e. The normalized spacial score (nSPS) is 26.8. The number of alkyl halides is 3. The molecule has 2 aliphatic rings. The number of aliphatic hydroxyl groups is 1. The molecular weight excluding hydrogens is 351 g/mol. The number of carbonyl (C=O) groups is 1. The van der Waals surface area contributed by atoms with Crippen LogP contribution in [0.4, 0.5) is 13.2 Å². The van der Waals surface area contributed by atoms with Crippen molar-refractivity contribution in [3.63, 3.8) is 0 Å². The molecule has 1 amide bonds. The quantitative estimate of drug-likeness (QED) is 0.882. The fourth-order valence-electron chi connectivity index (χ4n) is 3.28. The summed E-state index contributed by atoms with van der Waals surface area (Å²) in [6.07, 6.45) is -3.01. The van der Waals surface area contributed by atoms with Crippen molar-refractivity contribution in [1.29, 1.82) is 0 Å². The third-order valence-corrected chi connectivity index (χ3v) is 4.85. The molecule has 5 nitrogen and oxygen atoms in total. The summed E-state index contributed by atoms with van der Waals surface area (Å²) in [4.78, 5) is 13.5. The molecule has 3 rings (SSSR count). The Morgan fingerprint density at radius 1 is 1.31 bits per heavy atom. The zero-order valence-electron chi connectivity index (χ0n) is 14.3. The molecule has 1 N–H and O–H groups in total. The Bertz CT molecular complexity index is 628. The molecule has 1 aromatic carbocycles. The third kappa shape index (κ3) is 4.12. The summed E-state index contributed by atoms with van der Waals surface area (Å²) in [6.45, 7) is 0.612. The number of amides is 1. The van der Waals surface area contributed by atoms with E-state index in [-0.39, 0.29) is 24.6 Å². The number of likely N-dealkylation sites (tertiary alicyclic amines) is 1. The lowest BCUT2D eigenvalue weighted by atomic mass is 9.92. The topological polar surface area (TPSA) is 59.0 Å². The van der Waals surface area contributed by atoms with Crippen LogP contribution in [0.1, 0.15) is 36.0 Å². The van der Waals surface area contributed by atoms with Crippen molar-refractivity contribution in [2.24, 2.45) is 0 Å². The van der Waals surface area contributed by atoms with Crippen molar-refractivity contribution < 1.29 is 32.5 Å². The second-order valence-electron chi connectivity index (χ2n) is 6.83. The molecule has 0 spiro atoms.